The van der Waals surface area contributed by atoms with Gasteiger partial charge in [-0.2, -0.15) is 0 Å². The van der Waals surface area contributed by atoms with Crippen LogP contribution in [0.25, 0.3) is 0 Å². The van der Waals surface area contributed by atoms with Crippen molar-refractivity contribution in [2.24, 2.45) is 0 Å². The van der Waals surface area contributed by atoms with Gasteiger partial charge in [0.15, 0.2) is 0 Å². The average molecular weight is 367 g/mol. The van der Waals surface area contributed by atoms with Gasteiger partial charge >= 0.3 is 0 Å². The van der Waals surface area contributed by atoms with Crippen LogP contribution < -0.4 is 10.6 Å². The summed E-state index contributed by atoms with van der Waals surface area (Å²) in [6, 6.07) is 14.9. The molecule has 26 heavy (non-hydrogen) atoms. The molecule has 132 valence electrons. The lowest BCUT2D eigenvalue weighted by Gasteiger charge is -2.10. The molecule has 0 radical (unpaired) electrons. The Morgan fingerprint density at radius 3 is 2.73 bits per heavy atom. The molecule has 1 amide bonds. The van der Waals surface area contributed by atoms with Gasteiger partial charge in [-0.05, 0) is 48.7 Å². The van der Waals surface area contributed by atoms with Crippen molar-refractivity contribution in [1.82, 2.24) is 9.97 Å². The Morgan fingerprint density at radius 1 is 1.15 bits per heavy atom. The van der Waals surface area contributed by atoms with E-state index in [4.69, 9.17) is 11.6 Å². The Hall–Kier alpha value is -2.92. The summed E-state index contributed by atoms with van der Waals surface area (Å²) in [4.78, 5) is 21.0. The quantitative estimate of drug-likeness (QED) is 0.667. The van der Waals surface area contributed by atoms with Gasteiger partial charge in [-0.3, -0.25) is 4.79 Å². The molecule has 6 heteroatoms. The standard InChI is InChI=1S/C20H19ClN4O/c1-3-14-6-4-5-7-17(14)24-20-22-11-10-18(25-20)19(26)23-15-9-8-13(2)16(21)12-15/h4-12H,3H2,1-2H3,(H,23,26)(H,22,24,25). The molecule has 2 aromatic carbocycles. The molecule has 5 nitrogen and oxygen atoms in total. The molecule has 0 aliphatic heterocycles. The van der Waals surface area contributed by atoms with Crippen LogP contribution in [0.15, 0.2) is 54.7 Å². The van der Waals surface area contributed by atoms with Gasteiger partial charge in [0.05, 0.1) is 0 Å². The van der Waals surface area contributed by atoms with Gasteiger partial charge in [0.2, 0.25) is 5.95 Å². The Balaban J connectivity index is 1.78. The zero-order chi connectivity index (χ0) is 18.5. The van der Waals surface area contributed by atoms with E-state index in [1.54, 1.807) is 24.4 Å². The number of halogens is 1. The number of benzene rings is 2. The number of nitrogens with zero attached hydrogens (tertiary/aromatic N) is 2. The normalized spacial score (nSPS) is 10.4. The average Bonchev–Trinajstić information content (AvgIpc) is 2.65. The molecule has 0 saturated heterocycles. The van der Waals surface area contributed by atoms with E-state index < -0.39 is 0 Å². The monoisotopic (exact) mass is 366 g/mol. The molecule has 0 aliphatic carbocycles. The molecule has 0 saturated carbocycles. The van der Waals surface area contributed by atoms with Crippen molar-refractivity contribution < 1.29 is 4.79 Å². The first kappa shape index (κ1) is 17.9. The second kappa shape index (κ2) is 7.97. The van der Waals surface area contributed by atoms with Crippen LogP contribution in [-0.4, -0.2) is 15.9 Å². The lowest BCUT2D eigenvalue weighted by atomic mass is 10.1. The molecule has 1 heterocycles. The third kappa shape index (κ3) is 4.18. The van der Waals surface area contributed by atoms with E-state index in [1.807, 2.05) is 37.3 Å². The Bertz CT molecular complexity index is 943. The number of aryl methyl sites for hydroxylation is 2. The highest BCUT2D eigenvalue weighted by Crippen LogP contribution is 2.21. The third-order valence-electron chi connectivity index (χ3n) is 3.96. The van der Waals surface area contributed by atoms with Crippen molar-refractivity contribution in [3.8, 4) is 0 Å². The maximum Gasteiger partial charge on any atom is 0.274 e. The summed E-state index contributed by atoms with van der Waals surface area (Å²) in [6.45, 7) is 3.99. The first-order valence-electron chi connectivity index (χ1n) is 8.32. The van der Waals surface area contributed by atoms with Crippen molar-refractivity contribution in [2.75, 3.05) is 10.6 Å². The summed E-state index contributed by atoms with van der Waals surface area (Å²) in [5.41, 5.74) is 3.93. The van der Waals surface area contributed by atoms with E-state index >= 15 is 0 Å². The molecule has 3 aromatic rings. The maximum absolute atomic E-state index is 12.5. The Labute approximate surface area is 157 Å². The van der Waals surface area contributed by atoms with Crippen LogP contribution >= 0.6 is 11.6 Å². The van der Waals surface area contributed by atoms with E-state index in [2.05, 4.69) is 27.5 Å². The molecule has 0 atom stereocenters. The van der Waals surface area contributed by atoms with Crippen LogP contribution in [0.3, 0.4) is 0 Å². The summed E-state index contributed by atoms with van der Waals surface area (Å²) < 4.78 is 0. The van der Waals surface area contributed by atoms with Crippen molar-refractivity contribution in [1.29, 1.82) is 0 Å². The highest BCUT2D eigenvalue weighted by molar-refractivity contribution is 6.31. The number of anilines is 3. The van der Waals surface area contributed by atoms with Crippen molar-refractivity contribution in [3.63, 3.8) is 0 Å². The van der Waals surface area contributed by atoms with E-state index in [0.29, 0.717) is 16.7 Å². The third-order valence-corrected chi connectivity index (χ3v) is 4.37. The van der Waals surface area contributed by atoms with Gasteiger partial charge in [0, 0.05) is 22.6 Å². The molecule has 0 unspecified atom stereocenters. The molecule has 2 N–H and O–H groups in total. The van der Waals surface area contributed by atoms with Crippen molar-refractivity contribution in [3.05, 3.63) is 76.6 Å². The minimum absolute atomic E-state index is 0.271. The van der Waals surface area contributed by atoms with Gasteiger partial charge in [-0.1, -0.05) is 42.8 Å². The van der Waals surface area contributed by atoms with Crippen LogP contribution in [0, 0.1) is 6.92 Å². The molecule has 0 spiro atoms. The Morgan fingerprint density at radius 2 is 1.96 bits per heavy atom. The predicted molar refractivity (Wildman–Crippen MR) is 105 cm³/mol. The van der Waals surface area contributed by atoms with Gasteiger partial charge in [0.1, 0.15) is 5.69 Å². The fourth-order valence-corrected chi connectivity index (χ4v) is 2.66. The molecular formula is C20H19ClN4O. The number of carbonyl (C=O) groups excluding carboxylic acids is 1. The lowest BCUT2D eigenvalue weighted by Crippen LogP contribution is -2.15. The van der Waals surface area contributed by atoms with Crippen LogP contribution in [-0.2, 0) is 6.42 Å². The second-order valence-corrected chi connectivity index (χ2v) is 6.23. The maximum atomic E-state index is 12.5. The lowest BCUT2D eigenvalue weighted by molar-refractivity contribution is 0.102. The first-order valence-corrected chi connectivity index (χ1v) is 8.70. The number of para-hydroxylation sites is 1. The molecule has 1 aromatic heterocycles. The van der Waals surface area contributed by atoms with E-state index in [-0.39, 0.29) is 11.6 Å². The van der Waals surface area contributed by atoms with Crippen LogP contribution in [0.2, 0.25) is 5.02 Å². The van der Waals surface area contributed by atoms with Gasteiger partial charge < -0.3 is 10.6 Å². The minimum Gasteiger partial charge on any atom is -0.324 e. The minimum atomic E-state index is -0.320. The Kier molecular flexibility index (Phi) is 5.49. The summed E-state index contributed by atoms with van der Waals surface area (Å²) in [6.07, 6.45) is 2.44. The number of hydrogen-bond donors (Lipinski definition) is 2. The number of aromatic nitrogens is 2. The number of amides is 1. The highest BCUT2D eigenvalue weighted by Gasteiger charge is 2.11. The SMILES string of the molecule is CCc1ccccc1Nc1nccc(C(=O)Nc2ccc(C)c(Cl)c2)n1. The highest BCUT2D eigenvalue weighted by atomic mass is 35.5. The van der Waals surface area contributed by atoms with Gasteiger partial charge in [-0.25, -0.2) is 9.97 Å². The summed E-state index contributed by atoms with van der Waals surface area (Å²) >= 11 is 6.10. The van der Waals surface area contributed by atoms with Crippen LogP contribution in [0.4, 0.5) is 17.3 Å². The molecule has 3 rings (SSSR count). The zero-order valence-electron chi connectivity index (χ0n) is 14.6. The molecular weight excluding hydrogens is 348 g/mol. The number of nitrogens with one attached hydrogen (secondary N) is 2. The summed E-state index contributed by atoms with van der Waals surface area (Å²) in [5, 5.41) is 6.58. The predicted octanol–water partition coefficient (Wildman–Crippen LogP) is 5.00. The van der Waals surface area contributed by atoms with E-state index in [1.165, 1.54) is 0 Å². The first-order chi connectivity index (χ1) is 12.6. The zero-order valence-corrected chi connectivity index (χ0v) is 15.3. The number of hydrogen-bond acceptors (Lipinski definition) is 4. The second-order valence-electron chi connectivity index (χ2n) is 5.82. The molecule has 0 aliphatic rings. The topological polar surface area (TPSA) is 66.9 Å². The number of rotatable bonds is 5. The van der Waals surface area contributed by atoms with Crippen LogP contribution in [0.1, 0.15) is 28.5 Å². The largest absolute Gasteiger partial charge is 0.324 e. The molecule has 0 fully saturated rings. The van der Waals surface area contributed by atoms with Crippen LogP contribution in [0.5, 0.6) is 0 Å². The number of carbonyl (C=O) groups is 1. The fourth-order valence-electron chi connectivity index (χ4n) is 2.48. The summed E-state index contributed by atoms with van der Waals surface area (Å²) in [5.74, 6) is 0.0552. The van der Waals surface area contributed by atoms with E-state index in [9.17, 15) is 4.79 Å². The molecule has 0 bridgehead atoms. The van der Waals surface area contributed by atoms with E-state index in [0.717, 1.165) is 23.2 Å². The van der Waals surface area contributed by atoms with Crippen molar-refractivity contribution >= 4 is 34.8 Å². The fraction of sp³-hybridized carbons (Fsp3) is 0.150. The summed E-state index contributed by atoms with van der Waals surface area (Å²) in [7, 11) is 0. The van der Waals surface area contributed by atoms with Crippen molar-refractivity contribution in [2.45, 2.75) is 20.3 Å². The van der Waals surface area contributed by atoms with Gasteiger partial charge in [0.25, 0.3) is 5.91 Å². The van der Waals surface area contributed by atoms with Gasteiger partial charge in [-0.15, -0.1) is 0 Å². The smallest absolute Gasteiger partial charge is 0.274 e.